The highest BCUT2D eigenvalue weighted by molar-refractivity contribution is 4.77. The summed E-state index contributed by atoms with van der Waals surface area (Å²) in [5, 5.41) is 8.70. The fourth-order valence-corrected chi connectivity index (χ4v) is 2.50. The lowest BCUT2D eigenvalue weighted by atomic mass is 9.89. The van der Waals surface area contributed by atoms with Gasteiger partial charge in [-0.3, -0.25) is 0 Å². The Morgan fingerprint density at radius 3 is 1.93 bits per heavy atom. The van der Waals surface area contributed by atoms with Crippen LogP contribution in [0, 0.1) is 29.1 Å². The van der Waals surface area contributed by atoms with Crippen LogP contribution in [0.2, 0.25) is 0 Å². The SMILES string of the molecule is CC1CCCC(CC#N)CCCC1C. The highest BCUT2D eigenvalue weighted by Crippen LogP contribution is 2.29. The third kappa shape index (κ3) is 3.70. The van der Waals surface area contributed by atoms with Gasteiger partial charge in [0.15, 0.2) is 0 Å². The molecular weight excluding hydrogens is 170 g/mol. The largest absolute Gasteiger partial charge is 0.198 e. The number of nitriles is 1. The Bertz CT molecular complexity index is 178. The monoisotopic (exact) mass is 193 g/mol. The molecule has 1 heteroatoms. The van der Waals surface area contributed by atoms with Crippen molar-refractivity contribution < 1.29 is 0 Å². The van der Waals surface area contributed by atoms with E-state index in [4.69, 9.17) is 5.26 Å². The predicted octanol–water partition coefficient (Wildman–Crippen LogP) is 4.14. The van der Waals surface area contributed by atoms with Gasteiger partial charge in [-0.2, -0.15) is 5.26 Å². The molecule has 1 nitrogen and oxygen atoms in total. The van der Waals surface area contributed by atoms with Gasteiger partial charge in [0, 0.05) is 6.42 Å². The van der Waals surface area contributed by atoms with Crippen LogP contribution in [-0.4, -0.2) is 0 Å². The molecule has 0 aromatic carbocycles. The summed E-state index contributed by atoms with van der Waals surface area (Å²) < 4.78 is 0. The van der Waals surface area contributed by atoms with Gasteiger partial charge in [-0.25, -0.2) is 0 Å². The van der Waals surface area contributed by atoms with Crippen LogP contribution in [-0.2, 0) is 0 Å². The number of rotatable bonds is 1. The van der Waals surface area contributed by atoms with Crippen molar-refractivity contribution in [2.24, 2.45) is 17.8 Å². The van der Waals surface area contributed by atoms with Crippen molar-refractivity contribution in [1.82, 2.24) is 0 Å². The van der Waals surface area contributed by atoms with Gasteiger partial charge in [-0.05, 0) is 30.6 Å². The van der Waals surface area contributed by atoms with Gasteiger partial charge >= 0.3 is 0 Å². The molecular formula is C13H23N. The van der Waals surface area contributed by atoms with E-state index in [1.54, 1.807) is 0 Å². The van der Waals surface area contributed by atoms with Crippen LogP contribution in [0.25, 0.3) is 0 Å². The van der Waals surface area contributed by atoms with E-state index in [9.17, 15) is 0 Å². The fourth-order valence-electron chi connectivity index (χ4n) is 2.50. The summed E-state index contributed by atoms with van der Waals surface area (Å²) in [5.41, 5.74) is 0. The summed E-state index contributed by atoms with van der Waals surface area (Å²) in [6.07, 6.45) is 8.74. The van der Waals surface area contributed by atoms with Crippen molar-refractivity contribution in [3.8, 4) is 6.07 Å². The molecule has 2 unspecified atom stereocenters. The lowest BCUT2D eigenvalue weighted by Gasteiger charge is -2.17. The van der Waals surface area contributed by atoms with Crippen LogP contribution >= 0.6 is 0 Å². The first kappa shape index (κ1) is 11.6. The lowest BCUT2D eigenvalue weighted by Crippen LogP contribution is -2.06. The highest BCUT2D eigenvalue weighted by atomic mass is 14.3. The number of hydrogen-bond donors (Lipinski definition) is 0. The summed E-state index contributed by atoms with van der Waals surface area (Å²) in [5.74, 6) is 2.46. The molecule has 1 aliphatic rings. The van der Waals surface area contributed by atoms with Gasteiger partial charge in [0.2, 0.25) is 0 Å². The van der Waals surface area contributed by atoms with E-state index in [1.807, 2.05) is 0 Å². The summed E-state index contributed by atoms with van der Waals surface area (Å²) in [7, 11) is 0. The first-order chi connectivity index (χ1) is 6.74. The van der Waals surface area contributed by atoms with Crippen LogP contribution < -0.4 is 0 Å². The second-order valence-electron chi connectivity index (χ2n) is 5.04. The molecule has 14 heavy (non-hydrogen) atoms. The fraction of sp³-hybridized carbons (Fsp3) is 0.923. The first-order valence-corrected chi connectivity index (χ1v) is 6.11. The minimum Gasteiger partial charge on any atom is -0.198 e. The molecule has 0 radical (unpaired) electrons. The molecule has 0 aromatic rings. The standard InChI is InChI=1S/C13H23N/c1-11-5-3-7-13(9-10-14)8-4-6-12(11)2/h11-13H,3-9H2,1-2H3. The van der Waals surface area contributed by atoms with Gasteiger partial charge in [-0.15, -0.1) is 0 Å². The molecule has 1 aliphatic carbocycles. The Kier molecular flexibility index (Phi) is 5.01. The Hall–Kier alpha value is -0.510. The predicted molar refractivity (Wildman–Crippen MR) is 59.8 cm³/mol. The van der Waals surface area contributed by atoms with E-state index in [0.717, 1.165) is 18.3 Å². The minimum absolute atomic E-state index is 0.692. The minimum atomic E-state index is 0.692. The molecule has 0 spiro atoms. The van der Waals surface area contributed by atoms with Crippen LogP contribution in [0.5, 0.6) is 0 Å². The van der Waals surface area contributed by atoms with Gasteiger partial charge in [0.25, 0.3) is 0 Å². The van der Waals surface area contributed by atoms with E-state index in [0.29, 0.717) is 5.92 Å². The van der Waals surface area contributed by atoms with E-state index in [1.165, 1.54) is 38.5 Å². The number of hydrogen-bond acceptors (Lipinski definition) is 1. The van der Waals surface area contributed by atoms with Crippen LogP contribution in [0.4, 0.5) is 0 Å². The molecule has 0 saturated heterocycles. The van der Waals surface area contributed by atoms with Gasteiger partial charge in [0.1, 0.15) is 0 Å². The second kappa shape index (κ2) is 6.06. The zero-order chi connectivity index (χ0) is 10.4. The van der Waals surface area contributed by atoms with Crippen LogP contribution in [0.15, 0.2) is 0 Å². The molecule has 2 atom stereocenters. The first-order valence-electron chi connectivity index (χ1n) is 6.11. The van der Waals surface area contributed by atoms with Crippen molar-refractivity contribution in [2.45, 2.75) is 58.8 Å². The topological polar surface area (TPSA) is 23.8 Å². The van der Waals surface area contributed by atoms with Crippen molar-refractivity contribution in [1.29, 1.82) is 5.26 Å². The van der Waals surface area contributed by atoms with E-state index in [2.05, 4.69) is 19.9 Å². The summed E-state index contributed by atoms with van der Waals surface area (Å²) in [6.45, 7) is 4.77. The summed E-state index contributed by atoms with van der Waals surface area (Å²) in [4.78, 5) is 0. The normalized spacial score (nSPS) is 35.1. The molecule has 1 fully saturated rings. The molecule has 1 rings (SSSR count). The molecule has 0 heterocycles. The van der Waals surface area contributed by atoms with Crippen LogP contribution in [0.3, 0.4) is 0 Å². The van der Waals surface area contributed by atoms with Crippen molar-refractivity contribution >= 4 is 0 Å². The molecule has 0 amide bonds. The summed E-state index contributed by atoms with van der Waals surface area (Å²) >= 11 is 0. The van der Waals surface area contributed by atoms with E-state index in [-0.39, 0.29) is 0 Å². The molecule has 0 bridgehead atoms. The van der Waals surface area contributed by atoms with Crippen molar-refractivity contribution in [2.75, 3.05) is 0 Å². The molecule has 1 saturated carbocycles. The van der Waals surface area contributed by atoms with Crippen molar-refractivity contribution in [3.05, 3.63) is 0 Å². The van der Waals surface area contributed by atoms with E-state index < -0.39 is 0 Å². The Labute approximate surface area is 88.5 Å². The van der Waals surface area contributed by atoms with Gasteiger partial charge < -0.3 is 0 Å². The molecule has 0 aliphatic heterocycles. The van der Waals surface area contributed by atoms with Crippen molar-refractivity contribution in [3.63, 3.8) is 0 Å². The maximum Gasteiger partial charge on any atom is 0.0624 e. The second-order valence-corrected chi connectivity index (χ2v) is 5.04. The van der Waals surface area contributed by atoms with Gasteiger partial charge in [0.05, 0.1) is 6.07 Å². The highest BCUT2D eigenvalue weighted by Gasteiger charge is 2.17. The van der Waals surface area contributed by atoms with E-state index >= 15 is 0 Å². The zero-order valence-electron chi connectivity index (χ0n) is 9.63. The smallest absolute Gasteiger partial charge is 0.0624 e. The Morgan fingerprint density at radius 1 is 1.00 bits per heavy atom. The third-order valence-electron chi connectivity index (χ3n) is 3.90. The Balaban J connectivity index is 2.40. The maximum absolute atomic E-state index is 8.70. The Morgan fingerprint density at radius 2 is 1.50 bits per heavy atom. The van der Waals surface area contributed by atoms with Crippen LogP contribution in [0.1, 0.15) is 58.8 Å². The zero-order valence-corrected chi connectivity index (χ0v) is 9.63. The summed E-state index contributed by atoms with van der Waals surface area (Å²) in [6, 6.07) is 2.33. The van der Waals surface area contributed by atoms with Gasteiger partial charge in [-0.1, -0.05) is 39.5 Å². The molecule has 0 N–H and O–H groups in total. The molecule has 0 aromatic heterocycles. The quantitative estimate of drug-likeness (QED) is 0.614. The average molecular weight is 193 g/mol. The average Bonchev–Trinajstić information content (AvgIpc) is 2.22. The lowest BCUT2D eigenvalue weighted by molar-refractivity contribution is 0.339. The molecule has 80 valence electrons. The maximum atomic E-state index is 8.70. The third-order valence-corrected chi connectivity index (χ3v) is 3.90. The number of nitrogens with zero attached hydrogens (tertiary/aromatic N) is 1.